The average molecular weight is 433 g/mol. The second kappa shape index (κ2) is 9.65. The molecule has 166 valence electrons. The maximum Gasteiger partial charge on any atom is 0.420 e. The highest BCUT2D eigenvalue weighted by molar-refractivity contribution is 5.87. The Bertz CT molecular complexity index is 1060. The zero-order valence-electron chi connectivity index (χ0n) is 18.6. The van der Waals surface area contributed by atoms with Gasteiger partial charge < -0.3 is 20.3 Å². The number of carbonyl (C=O) groups excluding carboxylic acids is 1. The summed E-state index contributed by atoms with van der Waals surface area (Å²) >= 11 is 0. The summed E-state index contributed by atoms with van der Waals surface area (Å²) < 4.78 is 5.62. The van der Waals surface area contributed by atoms with Crippen LogP contribution in [0.5, 0.6) is 5.75 Å². The van der Waals surface area contributed by atoms with Crippen molar-refractivity contribution in [3.8, 4) is 5.75 Å². The molecule has 0 atom stereocenters. The number of para-hydroxylation sites is 1. The highest BCUT2D eigenvalue weighted by atomic mass is 16.6. The molecule has 3 aromatic rings. The van der Waals surface area contributed by atoms with Gasteiger partial charge in [-0.05, 0) is 55.3 Å². The number of hydrogen-bond acceptors (Lipinski definition) is 7. The van der Waals surface area contributed by atoms with Gasteiger partial charge in [0, 0.05) is 50.8 Å². The van der Waals surface area contributed by atoms with Crippen molar-refractivity contribution in [2.24, 2.45) is 0 Å². The van der Waals surface area contributed by atoms with Crippen molar-refractivity contribution in [1.82, 2.24) is 15.3 Å². The number of carbonyl (C=O) groups is 1. The van der Waals surface area contributed by atoms with Crippen LogP contribution in [0, 0.1) is 13.8 Å². The molecule has 0 radical (unpaired) electrons. The Balaban J connectivity index is 1.43. The number of amides is 1. The molecular weight excluding hydrogens is 404 g/mol. The fraction of sp³-hybridized carbons (Fsp3) is 0.292. The molecule has 32 heavy (non-hydrogen) atoms. The first-order valence-corrected chi connectivity index (χ1v) is 10.7. The zero-order chi connectivity index (χ0) is 22.5. The third kappa shape index (κ3) is 4.97. The Morgan fingerprint density at radius 2 is 1.75 bits per heavy atom. The lowest BCUT2D eigenvalue weighted by atomic mass is 10.1. The predicted octanol–water partition coefficient (Wildman–Crippen LogP) is 3.88. The zero-order valence-corrected chi connectivity index (χ0v) is 18.6. The van der Waals surface area contributed by atoms with E-state index < -0.39 is 6.09 Å². The number of rotatable bonds is 5. The van der Waals surface area contributed by atoms with E-state index in [1.54, 1.807) is 19.3 Å². The van der Waals surface area contributed by atoms with Gasteiger partial charge in [0.15, 0.2) is 0 Å². The van der Waals surface area contributed by atoms with Crippen LogP contribution in [0.4, 0.5) is 27.9 Å². The number of anilines is 4. The Labute approximate surface area is 188 Å². The van der Waals surface area contributed by atoms with Crippen molar-refractivity contribution in [2.45, 2.75) is 13.8 Å². The van der Waals surface area contributed by atoms with Gasteiger partial charge in [-0.3, -0.25) is 4.90 Å². The molecule has 4 rings (SSSR count). The molecule has 8 nitrogen and oxygen atoms in total. The summed E-state index contributed by atoms with van der Waals surface area (Å²) in [6.45, 7) is 7.83. The third-order valence-corrected chi connectivity index (χ3v) is 5.46. The SMILES string of the molecule is Cc1cccc(C)c1OC(=O)N(C)c1ccnc(Nc2ccc(N3CCNCC3)cc2)n1. The first-order valence-electron chi connectivity index (χ1n) is 10.7. The quantitative estimate of drug-likeness (QED) is 0.633. The number of piperazine rings is 1. The summed E-state index contributed by atoms with van der Waals surface area (Å²) in [7, 11) is 1.63. The second-order valence-electron chi connectivity index (χ2n) is 7.80. The van der Waals surface area contributed by atoms with Crippen LogP contribution in [0.3, 0.4) is 0 Å². The average Bonchev–Trinajstić information content (AvgIpc) is 2.82. The number of nitrogens with one attached hydrogen (secondary N) is 2. The Hall–Kier alpha value is -3.65. The molecule has 0 aliphatic carbocycles. The normalized spacial score (nSPS) is 13.5. The van der Waals surface area contributed by atoms with Gasteiger partial charge in [0.05, 0.1) is 0 Å². The van der Waals surface area contributed by atoms with E-state index in [1.807, 2.05) is 44.2 Å². The van der Waals surface area contributed by atoms with E-state index in [4.69, 9.17) is 4.74 Å². The maximum atomic E-state index is 12.7. The monoisotopic (exact) mass is 432 g/mol. The van der Waals surface area contributed by atoms with Crippen LogP contribution in [0.1, 0.15) is 11.1 Å². The summed E-state index contributed by atoms with van der Waals surface area (Å²) in [6, 6.07) is 15.6. The number of ether oxygens (including phenoxy) is 1. The number of aromatic nitrogens is 2. The minimum atomic E-state index is -0.507. The molecule has 1 aromatic heterocycles. The van der Waals surface area contributed by atoms with Crippen molar-refractivity contribution in [3.63, 3.8) is 0 Å². The van der Waals surface area contributed by atoms with Gasteiger partial charge >= 0.3 is 6.09 Å². The molecule has 1 saturated heterocycles. The summed E-state index contributed by atoms with van der Waals surface area (Å²) in [5.74, 6) is 1.42. The van der Waals surface area contributed by atoms with Crippen molar-refractivity contribution in [3.05, 3.63) is 65.9 Å². The molecule has 2 heterocycles. The van der Waals surface area contributed by atoms with E-state index in [0.29, 0.717) is 17.5 Å². The Morgan fingerprint density at radius 3 is 2.44 bits per heavy atom. The Morgan fingerprint density at radius 1 is 1.06 bits per heavy atom. The number of hydrogen-bond donors (Lipinski definition) is 2. The molecule has 8 heteroatoms. The largest absolute Gasteiger partial charge is 0.420 e. The number of aryl methyl sites for hydroxylation is 2. The lowest BCUT2D eigenvalue weighted by Crippen LogP contribution is -2.43. The summed E-state index contributed by atoms with van der Waals surface area (Å²) in [5, 5.41) is 6.57. The van der Waals surface area contributed by atoms with E-state index in [2.05, 4.69) is 37.6 Å². The lowest BCUT2D eigenvalue weighted by Gasteiger charge is -2.29. The van der Waals surface area contributed by atoms with Crippen LogP contribution >= 0.6 is 0 Å². The Kier molecular flexibility index (Phi) is 6.51. The summed E-state index contributed by atoms with van der Waals surface area (Å²) in [6.07, 6.45) is 1.11. The molecule has 0 bridgehead atoms. The number of benzene rings is 2. The number of nitrogens with zero attached hydrogens (tertiary/aromatic N) is 4. The van der Waals surface area contributed by atoms with Gasteiger partial charge in [0.1, 0.15) is 11.6 Å². The highest BCUT2D eigenvalue weighted by Crippen LogP contribution is 2.24. The van der Waals surface area contributed by atoms with E-state index in [1.165, 1.54) is 10.6 Å². The highest BCUT2D eigenvalue weighted by Gasteiger charge is 2.18. The molecule has 2 N–H and O–H groups in total. The first kappa shape index (κ1) is 21.6. The predicted molar refractivity (Wildman–Crippen MR) is 127 cm³/mol. The first-order chi connectivity index (χ1) is 15.5. The summed E-state index contributed by atoms with van der Waals surface area (Å²) in [4.78, 5) is 25.2. The van der Waals surface area contributed by atoms with Gasteiger partial charge in [0.2, 0.25) is 5.95 Å². The standard InChI is InChI=1S/C24H28N6O2/c1-17-5-4-6-18(2)22(17)32-24(31)29(3)21-11-12-26-23(28-21)27-19-7-9-20(10-8-19)30-15-13-25-14-16-30/h4-12,25H,13-16H2,1-3H3,(H,26,27,28). The molecule has 1 amide bonds. The topological polar surface area (TPSA) is 82.6 Å². The fourth-order valence-electron chi connectivity index (χ4n) is 3.61. The van der Waals surface area contributed by atoms with Crippen LogP contribution in [0.2, 0.25) is 0 Å². The summed E-state index contributed by atoms with van der Waals surface area (Å²) in [5.41, 5.74) is 3.88. The van der Waals surface area contributed by atoms with E-state index in [0.717, 1.165) is 43.0 Å². The third-order valence-electron chi connectivity index (χ3n) is 5.46. The molecule has 0 saturated carbocycles. The van der Waals surface area contributed by atoms with Crippen LogP contribution in [-0.4, -0.2) is 49.3 Å². The second-order valence-corrected chi connectivity index (χ2v) is 7.80. The van der Waals surface area contributed by atoms with Gasteiger partial charge in [-0.15, -0.1) is 0 Å². The maximum absolute atomic E-state index is 12.7. The van der Waals surface area contributed by atoms with E-state index >= 15 is 0 Å². The van der Waals surface area contributed by atoms with Gasteiger partial charge in [-0.1, -0.05) is 18.2 Å². The minimum Gasteiger partial charge on any atom is -0.409 e. The molecule has 2 aromatic carbocycles. The van der Waals surface area contributed by atoms with Crippen LogP contribution in [0.25, 0.3) is 0 Å². The van der Waals surface area contributed by atoms with Gasteiger partial charge in [0.25, 0.3) is 0 Å². The van der Waals surface area contributed by atoms with Crippen molar-refractivity contribution < 1.29 is 9.53 Å². The van der Waals surface area contributed by atoms with Crippen molar-refractivity contribution >= 4 is 29.2 Å². The van der Waals surface area contributed by atoms with E-state index in [-0.39, 0.29) is 0 Å². The molecule has 1 aliphatic heterocycles. The molecular formula is C24H28N6O2. The van der Waals surface area contributed by atoms with E-state index in [9.17, 15) is 4.79 Å². The lowest BCUT2D eigenvalue weighted by molar-refractivity contribution is 0.208. The molecule has 0 unspecified atom stereocenters. The fourth-order valence-corrected chi connectivity index (χ4v) is 3.61. The van der Waals surface area contributed by atoms with Crippen LogP contribution in [0.15, 0.2) is 54.7 Å². The smallest absolute Gasteiger partial charge is 0.409 e. The molecule has 1 aliphatic rings. The van der Waals surface area contributed by atoms with Crippen LogP contribution < -0.4 is 25.2 Å². The van der Waals surface area contributed by atoms with Gasteiger partial charge in [-0.25, -0.2) is 9.78 Å². The van der Waals surface area contributed by atoms with Crippen molar-refractivity contribution in [2.75, 3.05) is 48.3 Å². The molecule has 1 fully saturated rings. The van der Waals surface area contributed by atoms with Crippen molar-refractivity contribution in [1.29, 1.82) is 0 Å². The van der Waals surface area contributed by atoms with Gasteiger partial charge in [-0.2, -0.15) is 4.98 Å². The minimum absolute atomic E-state index is 0.407. The van der Waals surface area contributed by atoms with Crippen LogP contribution in [-0.2, 0) is 0 Å². The molecule has 0 spiro atoms.